The van der Waals surface area contributed by atoms with Gasteiger partial charge in [0, 0.05) is 12.0 Å². The smallest absolute Gasteiger partial charge is 0.326 e. The number of likely N-dealkylation sites (tertiary alicyclic amines) is 1. The number of carboxylic acid groups (broad SMARTS) is 1. The van der Waals surface area contributed by atoms with Crippen molar-refractivity contribution in [1.29, 1.82) is 0 Å². The first-order valence-corrected chi connectivity index (χ1v) is 7.91. The summed E-state index contributed by atoms with van der Waals surface area (Å²) < 4.78 is 0. The monoisotopic (exact) mass is 281 g/mol. The average Bonchev–Trinajstić information content (AvgIpc) is 2.95. The Morgan fingerprint density at radius 3 is 2.40 bits per heavy atom. The van der Waals surface area contributed by atoms with Crippen LogP contribution in [0.3, 0.4) is 0 Å². The van der Waals surface area contributed by atoms with Crippen LogP contribution in [0.4, 0.5) is 0 Å². The second-order valence-electron chi connectivity index (χ2n) is 7.13. The fraction of sp³-hybridized carbons (Fsp3) is 0.875. The SMILES string of the molecule is CC(C)CC1(C(=O)N2CCC(C)C2C(=O)O)CCCC1. The predicted molar refractivity (Wildman–Crippen MR) is 77.3 cm³/mol. The largest absolute Gasteiger partial charge is 0.480 e. The normalized spacial score (nSPS) is 29.1. The van der Waals surface area contributed by atoms with Gasteiger partial charge in [0.25, 0.3) is 0 Å². The van der Waals surface area contributed by atoms with Gasteiger partial charge in [0.05, 0.1) is 0 Å². The van der Waals surface area contributed by atoms with E-state index in [1.807, 2.05) is 6.92 Å². The highest BCUT2D eigenvalue weighted by atomic mass is 16.4. The molecule has 0 spiro atoms. The molecule has 1 aliphatic heterocycles. The Labute approximate surface area is 121 Å². The van der Waals surface area contributed by atoms with E-state index in [1.54, 1.807) is 4.90 Å². The zero-order valence-corrected chi connectivity index (χ0v) is 12.9. The van der Waals surface area contributed by atoms with Gasteiger partial charge in [-0.25, -0.2) is 4.79 Å². The first-order valence-electron chi connectivity index (χ1n) is 7.91. The molecule has 0 aromatic carbocycles. The minimum absolute atomic E-state index is 0.0638. The molecular weight excluding hydrogens is 254 g/mol. The van der Waals surface area contributed by atoms with Crippen LogP contribution in [0.5, 0.6) is 0 Å². The number of carbonyl (C=O) groups excluding carboxylic acids is 1. The van der Waals surface area contributed by atoms with Crippen LogP contribution in [0.1, 0.15) is 59.3 Å². The summed E-state index contributed by atoms with van der Waals surface area (Å²) in [6, 6.07) is -0.618. The lowest BCUT2D eigenvalue weighted by atomic mass is 9.77. The number of hydrogen-bond donors (Lipinski definition) is 1. The first kappa shape index (κ1) is 15.3. The standard InChI is InChI=1S/C16H27NO3/c1-11(2)10-16(7-4-5-8-16)15(20)17-9-6-12(3)13(17)14(18)19/h11-13H,4-10H2,1-3H3,(H,18,19). The Kier molecular flexibility index (Phi) is 4.40. The summed E-state index contributed by atoms with van der Waals surface area (Å²) >= 11 is 0. The van der Waals surface area contributed by atoms with E-state index < -0.39 is 12.0 Å². The van der Waals surface area contributed by atoms with Gasteiger partial charge in [-0.15, -0.1) is 0 Å². The zero-order chi connectivity index (χ0) is 14.9. The molecular formula is C16H27NO3. The highest BCUT2D eigenvalue weighted by Gasteiger charge is 2.49. The van der Waals surface area contributed by atoms with E-state index in [2.05, 4.69) is 13.8 Å². The molecule has 114 valence electrons. The van der Waals surface area contributed by atoms with Gasteiger partial charge in [-0.1, -0.05) is 33.6 Å². The van der Waals surface area contributed by atoms with Crippen LogP contribution < -0.4 is 0 Å². The van der Waals surface area contributed by atoms with Crippen LogP contribution >= 0.6 is 0 Å². The quantitative estimate of drug-likeness (QED) is 0.862. The number of nitrogens with zero attached hydrogens (tertiary/aromatic N) is 1. The number of hydrogen-bond acceptors (Lipinski definition) is 2. The van der Waals surface area contributed by atoms with E-state index in [9.17, 15) is 14.7 Å². The Hall–Kier alpha value is -1.06. The topological polar surface area (TPSA) is 57.6 Å². The van der Waals surface area contributed by atoms with E-state index in [4.69, 9.17) is 0 Å². The maximum atomic E-state index is 13.0. The molecule has 2 atom stereocenters. The van der Waals surface area contributed by atoms with Gasteiger partial charge >= 0.3 is 5.97 Å². The summed E-state index contributed by atoms with van der Waals surface area (Å²) in [6.45, 7) is 6.84. The number of rotatable bonds is 4. The summed E-state index contributed by atoms with van der Waals surface area (Å²) in [7, 11) is 0. The van der Waals surface area contributed by atoms with E-state index in [1.165, 1.54) is 0 Å². The van der Waals surface area contributed by atoms with Gasteiger partial charge in [-0.2, -0.15) is 0 Å². The molecule has 4 heteroatoms. The number of amides is 1. The van der Waals surface area contributed by atoms with Crippen LogP contribution in [0.2, 0.25) is 0 Å². The molecule has 2 aliphatic rings. The van der Waals surface area contributed by atoms with Crippen LogP contribution in [-0.2, 0) is 9.59 Å². The average molecular weight is 281 g/mol. The van der Waals surface area contributed by atoms with E-state index in [0.29, 0.717) is 12.5 Å². The van der Waals surface area contributed by atoms with Crippen LogP contribution in [-0.4, -0.2) is 34.5 Å². The first-order chi connectivity index (χ1) is 9.37. The van der Waals surface area contributed by atoms with Gasteiger partial charge < -0.3 is 10.0 Å². The van der Waals surface area contributed by atoms with Gasteiger partial charge in [-0.05, 0) is 37.5 Å². The second kappa shape index (κ2) is 5.74. The van der Waals surface area contributed by atoms with E-state index >= 15 is 0 Å². The summed E-state index contributed by atoms with van der Waals surface area (Å²) in [5.74, 6) is -0.198. The number of aliphatic carboxylic acids is 1. The Bertz CT molecular complexity index is 385. The third kappa shape index (κ3) is 2.70. The van der Waals surface area contributed by atoms with Crippen LogP contribution in [0.15, 0.2) is 0 Å². The van der Waals surface area contributed by atoms with Gasteiger partial charge in [0.2, 0.25) is 5.91 Å². The molecule has 2 fully saturated rings. The van der Waals surface area contributed by atoms with Crippen molar-refractivity contribution in [3.63, 3.8) is 0 Å². The summed E-state index contributed by atoms with van der Waals surface area (Å²) in [6.07, 6.45) is 5.76. The Balaban J connectivity index is 2.21. The van der Waals surface area contributed by atoms with Crippen LogP contribution in [0, 0.1) is 17.3 Å². The maximum Gasteiger partial charge on any atom is 0.326 e. The Morgan fingerprint density at radius 2 is 1.90 bits per heavy atom. The van der Waals surface area contributed by atoms with Gasteiger partial charge in [0.15, 0.2) is 0 Å². The third-order valence-electron chi connectivity index (χ3n) is 5.03. The molecule has 0 aromatic heterocycles. The molecule has 1 saturated heterocycles. The highest BCUT2D eigenvalue weighted by Crippen LogP contribution is 2.46. The molecule has 4 nitrogen and oxygen atoms in total. The van der Waals surface area contributed by atoms with Gasteiger partial charge in [0.1, 0.15) is 6.04 Å². The molecule has 1 aliphatic carbocycles. The van der Waals surface area contributed by atoms with Crippen molar-refractivity contribution in [3.05, 3.63) is 0 Å². The molecule has 1 N–H and O–H groups in total. The molecule has 2 unspecified atom stereocenters. The van der Waals surface area contributed by atoms with E-state index in [0.717, 1.165) is 38.5 Å². The fourth-order valence-electron chi connectivity index (χ4n) is 4.19. The maximum absolute atomic E-state index is 13.0. The van der Waals surface area contributed by atoms with Crippen molar-refractivity contribution < 1.29 is 14.7 Å². The lowest BCUT2D eigenvalue weighted by Gasteiger charge is -2.36. The minimum atomic E-state index is -0.846. The number of carbonyl (C=O) groups is 2. The molecule has 0 radical (unpaired) electrons. The van der Waals surface area contributed by atoms with Gasteiger partial charge in [-0.3, -0.25) is 4.79 Å². The second-order valence-corrected chi connectivity index (χ2v) is 7.13. The fourth-order valence-corrected chi connectivity index (χ4v) is 4.19. The summed E-state index contributed by atoms with van der Waals surface area (Å²) in [4.78, 5) is 26.2. The lowest BCUT2D eigenvalue weighted by molar-refractivity contribution is -0.154. The Morgan fingerprint density at radius 1 is 1.30 bits per heavy atom. The summed E-state index contributed by atoms with van der Waals surface area (Å²) in [5.41, 5.74) is -0.286. The van der Waals surface area contributed by atoms with E-state index in [-0.39, 0.29) is 17.2 Å². The zero-order valence-electron chi connectivity index (χ0n) is 12.9. The van der Waals surface area contributed by atoms with Crippen molar-refractivity contribution >= 4 is 11.9 Å². The molecule has 1 heterocycles. The van der Waals surface area contributed by atoms with Crippen molar-refractivity contribution in [2.45, 2.75) is 65.3 Å². The minimum Gasteiger partial charge on any atom is -0.480 e. The number of carboxylic acids is 1. The lowest BCUT2D eigenvalue weighted by Crippen LogP contribution is -2.49. The summed E-state index contributed by atoms with van der Waals surface area (Å²) in [5, 5.41) is 9.42. The van der Waals surface area contributed by atoms with Crippen LogP contribution in [0.25, 0.3) is 0 Å². The predicted octanol–water partition coefficient (Wildman–Crippen LogP) is 2.91. The molecule has 1 amide bonds. The molecule has 20 heavy (non-hydrogen) atoms. The van der Waals surface area contributed by atoms with Crippen molar-refractivity contribution in [2.24, 2.45) is 17.3 Å². The molecule has 1 saturated carbocycles. The molecule has 2 rings (SSSR count). The third-order valence-corrected chi connectivity index (χ3v) is 5.03. The molecule has 0 bridgehead atoms. The highest BCUT2D eigenvalue weighted by molar-refractivity contribution is 5.88. The van der Waals surface area contributed by atoms with Crippen molar-refractivity contribution in [1.82, 2.24) is 4.90 Å². The molecule has 0 aromatic rings. The van der Waals surface area contributed by atoms with Crippen molar-refractivity contribution in [3.8, 4) is 0 Å². The van der Waals surface area contributed by atoms with Crippen molar-refractivity contribution in [2.75, 3.05) is 6.54 Å².